The highest BCUT2D eigenvalue weighted by Crippen LogP contribution is 2.45. The quantitative estimate of drug-likeness (QED) is 0.467. The molecule has 0 amide bonds. The first-order valence-electron chi connectivity index (χ1n) is 9.93. The van der Waals surface area contributed by atoms with Gasteiger partial charge in [0.25, 0.3) is 0 Å². The maximum absolute atomic E-state index is 13.9. The lowest BCUT2D eigenvalue weighted by molar-refractivity contribution is 0.0729. The number of ether oxygens (including phenoxy) is 3. The molecule has 0 radical (unpaired) electrons. The van der Waals surface area contributed by atoms with E-state index in [2.05, 4.69) is 6.07 Å². The number of hydrogen-bond donors (Lipinski definition) is 1. The molecule has 32 heavy (non-hydrogen) atoms. The molecule has 0 saturated heterocycles. The normalized spacial score (nSPS) is 14.7. The van der Waals surface area contributed by atoms with Crippen LogP contribution in [0.15, 0.2) is 78.2 Å². The van der Waals surface area contributed by atoms with E-state index in [1.165, 1.54) is 24.3 Å². The van der Waals surface area contributed by atoms with Crippen LogP contribution in [0.4, 0.5) is 4.39 Å². The lowest BCUT2D eigenvalue weighted by Crippen LogP contribution is -2.21. The summed E-state index contributed by atoms with van der Waals surface area (Å²) in [5.74, 6) is -0.970. The highest BCUT2D eigenvalue weighted by atomic mass is 19.1. The third-order valence-corrected chi connectivity index (χ3v) is 5.02. The first-order valence-corrected chi connectivity index (χ1v) is 9.93. The topological polar surface area (TPSA) is 94.6 Å². The monoisotopic (exact) mass is 430 g/mol. The van der Waals surface area contributed by atoms with Crippen molar-refractivity contribution in [2.45, 2.75) is 12.8 Å². The van der Waals surface area contributed by atoms with Gasteiger partial charge < -0.3 is 19.9 Å². The Kier molecular flexibility index (Phi) is 5.77. The van der Waals surface area contributed by atoms with Gasteiger partial charge in [0.15, 0.2) is 0 Å². The summed E-state index contributed by atoms with van der Waals surface area (Å²) in [4.78, 5) is 12.4. The predicted octanol–water partition coefficient (Wildman–Crippen LogP) is 4.66. The molecule has 1 heterocycles. The molecule has 0 saturated carbocycles. The van der Waals surface area contributed by atoms with Crippen molar-refractivity contribution in [1.29, 1.82) is 5.26 Å². The Bertz CT molecular complexity index is 1260. The lowest BCUT2D eigenvalue weighted by Gasteiger charge is -2.27. The number of fused-ring (bicyclic) bond motifs is 1. The van der Waals surface area contributed by atoms with Crippen LogP contribution < -0.4 is 19.9 Å². The molecule has 1 unspecified atom stereocenters. The largest absolute Gasteiger partial charge is 0.494 e. The zero-order chi connectivity index (χ0) is 22.7. The third-order valence-electron chi connectivity index (χ3n) is 5.02. The van der Waals surface area contributed by atoms with Gasteiger partial charge in [0.05, 0.1) is 18.1 Å². The molecule has 0 fully saturated rings. The first kappa shape index (κ1) is 20.9. The molecule has 3 aromatic carbocycles. The fourth-order valence-corrected chi connectivity index (χ4v) is 3.61. The summed E-state index contributed by atoms with van der Waals surface area (Å²) in [5, 5.41) is 9.75. The molecular weight excluding hydrogens is 411 g/mol. The Morgan fingerprint density at radius 1 is 1.12 bits per heavy atom. The van der Waals surface area contributed by atoms with E-state index in [9.17, 15) is 14.4 Å². The Morgan fingerprint density at radius 2 is 1.88 bits per heavy atom. The maximum atomic E-state index is 13.9. The zero-order valence-electron chi connectivity index (χ0n) is 17.2. The molecule has 0 aliphatic carbocycles. The highest BCUT2D eigenvalue weighted by molar-refractivity contribution is 5.91. The van der Waals surface area contributed by atoms with E-state index < -0.39 is 17.7 Å². The molecule has 160 valence electrons. The predicted molar refractivity (Wildman–Crippen MR) is 115 cm³/mol. The molecular formula is C25H19FN2O4. The van der Waals surface area contributed by atoms with Crippen LogP contribution in [0, 0.1) is 17.1 Å². The molecule has 4 rings (SSSR count). The zero-order valence-corrected chi connectivity index (χ0v) is 17.2. The number of nitrogens with zero attached hydrogens (tertiary/aromatic N) is 1. The van der Waals surface area contributed by atoms with Gasteiger partial charge in [0.1, 0.15) is 34.7 Å². The average Bonchev–Trinajstić information content (AvgIpc) is 2.79. The first-order chi connectivity index (χ1) is 15.5. The lowest BCUT2D eigenvalue weighted by atomic mass is 9.83. The van der Waals surface area contributed by atoms with Gasteiger partial charge in [-0.15, -0.1) is 0 Å². The van der Waals surface area contributed by atoms with Crippen molar-refractivity contribution in [3.8, 4) is 23.3 Å². The van der Waals surface area contributed by atoms with Gasteiger partial charge in [-0.3, -0.25) is 0 Å². The van der Waals surface area contributed by atoms with Crippen molar-refractivity contribution in [3.63, 3.8) is 0 Å². The summed E-state index contributed by atoms with van der Waals surface area (Å²) in [6, 6.07) is 19.8. The molecule has 6 nitrogen and oxygen atoms in total. The molecule has 1 aliphatic heterocycles. The van der Waals surface area contributed by atoms with Gasteiger partial charge in [0, 0.05) is 17.2 Å². The minimum Gasteiger partial charge on any atom is -0.494 e. The summed E-state index contributed by atoms with van der Waals surface area (Å²) >= 11 is 0. The minimum atomic E-state index is -0.835. The van der Waals surface area contributed by atoms with Gasteiger partial charge in [-0.2, -0.15) is 5.26 Å². The molecule has 1 atom stereocenters. The highest BCUT2D eigenvalue weighted by Gasteiger charge is 2.33. The fraction of sp³-hybridized carbons (Fsp3) is 0.120. The number of allylic oxidation sites excluding steroid dienone is 1. The van der Waals surface area contributed by atoms with E-state index in [1.54, 1.807) is 18.2 Å². The van der Waals surface area contributed by atoms with Crippen LogP contribution in [0.5, 0.6) is 17.2 Å². The maximum Gasteiger partial charge on any atom is 0.346 e. The molecule has 0 bridgehead atoms. The van der Waals surface area contributed by atoms with Gasteiger partial charge in [-0.05, 0) is 31.2 Å². The summed E-state index contributed by atoms with van der Waals surface area (Å²) in [5.41, 5.74) is 7.55. The van der Waals surface area contributed by atoms with Crippen LogP contribution in [0.1, 0.15) is 34.3 Å². The SMILES string of the molecule is CCOc1ccccc1C1C(C#N)=C(N)Oc2cc(OC(=O)c3ccccc3F)ccc21. The molecule has 3 aromatic rings. The molecule has 7 heteroatoms. The van der Waals surface area contributed by atoms with Crippen molar-refractivity contribution in [2.24, 2.45) is 5.73 Å². The number of para-hydroxylation sites is 1. The van der Waals surface area contributed by atoms with Crippen LogP contribution in [-0.4, -0.2) is 12.6 Å². The Balaban J connectivity index is 1.73. The van der Waals surface area contributed by atoms with Crippen molar-refractivity contribution in [3.05, 3.63) is 101 Å². The summed E-state index contributed by atoms with van der Waals surface area (Å²) < 4.78 is 30.7. The van der Waals surface area contributed by atoms with E-state index >= 15 is 0 Å². The Morgan fingerprint density at radius 3 is 2.62 bits per heavy atom. The van der Waals surface area contributed by atoms with Crippen LogP contribution in [0.25, 0.3) is 0 Å². The second-order valence-corrected chi connectivity index (χ2v) is 6.96. The minimum absolute atomic E-state index is 0.0473. The number of carbonyl (C=O) groups excluding carboxylic acids is 1. The van der Waals surface area contributed by atoms with Crippen LogP contribution in [0.2, 0.25) is 0 Å². The van der Waals surface area contributed by atoms with E-state index in [-0.39, 0.29) is 22.8 Å². The van der Waals surface area contributed by atoms with Gasteiger partial charge in [-0.25, -0.2) is 9.18 Å². The van der Waals surface area contributed by atoms with Gasteiger partial charge >= 0.3 is 5.97 Å². The van der Waals surface area contributed by atoms with E-state index in [0.29, 0.717) is 23.7 Å². The number of nitrogens with two attached hydrogens (primary N) is 1. The summed E-state index contributed by atoms with van der Waals surface area (Å²) in [6.45, 7) is 2.33. The molecule has 1 aliphatic rings. The number of halogens is 1. The third kappa shape index (κ3) is 3.86. The van der Waals surface area contributed by atoms with Crippen LogP contribution in [0.3, 0.4) is 0 Å². The van der Waals surface area contributed by atoms with Crippen LogP contribution >= 0.6 is 0 Å². The second kappa shape index (κ2) is 8.82. The summed E-state index contributed by atoms with van der Waals surface area (Å²) in [6.07, 6.45) is 0. The average molecular weight is 430 g/mol. The number of rotatable bonds is 5. The number of carbonyl (C=O) groups is 1. The van der Waals surface area contributed by atoms with Gasteiger partial charge in [0.2, 0.25) is 5.88 Å². The van der Waals surface area contributed by atoms with E-state index in [4.69, 9.17) is 19.9 Å². The van der Waals surface area contributed by atoms with E-state index in [0.717, 1.165) is 5.56 Å². The summed E-state index contributed by atoms with van der Waals surface area (Å²) in [7, 11) is 0. The number of hydrogen-bond acceptors (Lipinski definition) is 6. The Labute approximate surface area is 184 Å². The number of esters is 1. The number of nitriles is 1. The second-order valence-electron chi connectivity index (χ2n) is 6.96. The fourth-order valence-electron chi connectivity index (χ4n) is 3.61. The molecule has 0 aromatic heterocycles. The Hall–Kier alpha value is -4.31. The van der Waals surface area contributed by atoms with Crippen LogP contribution in [-0.2, 0) is 0 Å². The van der Waals surface area contributed by atoms with Gasteiger partial charge in [-0.1, -0.05) is 36.4 Å². The van der Waals surface area contributed by atoms with Crippen molar-refractivity contribution >= 4 is 5.97 Å². The van der Waals surface area contributed by atoms with Crippen molar-refractivity contribution in [2.75, 3.05) is 6.61 Å². The van der Waals surface area contributed by atoms with Crippen molar-refractivity contribution < 1.29 is 23.4 Å². The van der Waals surface area contributed by atoms with E-state index in [1.807, 2.05) is 31.2 Å². The smallest absolute Gasteiger partial charge is 0.346 e. The standard InChI is InChI=1S/C25H19FN2O4/c1-2-30-21-10-6-4-8-17(21)23-18-12-11-15(13-22(18)32-24(28)19(23)14-27)31-25(29)16-7-3-5-9-20(16)26/h3-13,23H,2,28H2,1H3. The van der Waals surface area contributed by atoms with Crippen molar-refractivity contribution in [1.82, 2.24) is 0 Å². The number of benzene rings is 3. The molecule has 0 spiro atoms. The molecule has 2 N–H and O–H groups in total.